The van der Waals surface area contributed by atoms with E-state index in [2.05, 4.69) is 19.2 Å². The molecule has 2 atom stereocenters. The highest BCUT2D eigenvalue weighted by atomic mass is 16.5. The fraction of sp³-hybridized carbons (Fsp3) is 0.967. The standard InChI is InChI=1S/C61H121NO5/c1-3-5-7-9-11-13-15-17-29-33-37-41-45-49-53-59(64)58(57-63)62-60(65)54-50-46-42-38-34-30-27-25-23-21-19-20-22-24-26-28-32-36-40-44-48-52-56-67-61(66)55-51-47-43-39-35-31-18-16-14-12-10-8-6-4-2/h58-59,63-64H,3-57H2,1-2H3,(H,62,65). The van der Waals surface area contributed by atoms with Gasteiger partial charge in [0.15, 0.2) is 0 Å². The van der Waals surface area contributed by atoms with E-state index in [-0.39, 0.29) is 18.5 Å². The van der Waals surface area contributed by atoms with Gasteiger partial charge in [0.25, 0.3) is 0 Å². The minimum atomic E-state index is -0.662. The van der Waals surface area contributed by atoms with Crippen molar-refractivity contribution in [2.75, 3.05) is 13.2 Å². The predicted octanol–water partition coefficient (Wildman–Crippen LogP) is 19.1. The molecule has 0 aromatic rings. The van der Waals surface area contributed by atoms with Crippen molar-refractivity contribution in [2.24, 2.45) is 0 Å². The minimum Gasteiger partial charge on any atom is -0.466 e. The van der Waals surface area contributed by atoms with Crippen LogP contribution in [-0.4, -0.2) is 47.4 Å². The summed E-state index contributed by atoms with van der Waals surface area (Å²) in [6.45, 7) is 4.98. The van der Waals surface area contributed by atoms with Crippen LogP contribution in [0.4, 0.5) is 0 Å². The van der Waals surface area contributed by atoms with E-state index in [0.717, 1.165) is 38.5 Å². The molecule has 6 heteroatoms. The van der Waals surface area contributed by atoms with Gasteiger partial charge < -0.3 is 20.3 Å². The fourth-order valence-corrected chi connectivity index (χ4v) is 9.94. The van der Waals surface area contributed by atoms with Crippen LogP contribution in [0.15, 0.2) is 0 Å². The maximum Gasteiger partial charge on any atom is 0.305 e. The summed E-state index contributed by atoms with van der Waals surface area (Å²) in [5, 5.41) is 23.3. The lowest BCUT2D eigenvalue weighted by molar-refractivity contribution is -0.143. The van der Waals surface area contributed by atoms with Crippen molar-refractivity contribution >= 4 is 11.9 Å². The molecule has 0 heterocycles. The molecule has 0 saturated carbocycles. The van der Waals surface area contributed by atoms with Crippen LogP contribution < -0.4 is 5.32 Å². The van der Waals surface area contributed by atoms with Gasteiger partial charge in [-0.05, 0) is 25.7 Å². The molecule has 0 aliphatic heterocycles. The summed E-state index contributed by atoms with van der Waals surface area (Å²) in [4.78, 5) is 24.5. The SMILES string of the molecule is CCCCCCCCCCCCCCCCC(=O)OCCCCCCCCCCCCCCCCCCCCCCCCC(=O)NC(CO)C(O)CCCCCCCCCCCCCCCC. The Labute approximate surface area is 419 Å². The topological polar surface area (TPSA) is 95.9 Å². The molecule has 0 saturated heterocycles. The van der Waals surface area contributed by atoms with Crippen molar-refractivity contribution in [1.82, 2.24) is 5.32 Å². The van der Waals surface area contributed by atoms with Crippen LogP contribution in [0.5, 0.6) is 0 Å². The number of unbranched alkanes of at least 4 members (excludes halogenated alkanes) is 47. The van der Waals surface area contributed by atoms with Gasteiger partial charge in [-0.15, -0.1) is 0 Å². The lowest BCUT2D eigenvalue weighted by Gasteiger charge is -2.22. The molecule has 3 N–H and O–H groups in total. The Kier molecular flexibility index (Phi) is 56.5. The van der Waals surface area contributed by atoms with E-state index in [0.29, 0.717) is 25.9 Å². The molecule has 0 aromatic carbocycles. The van der Waals surface area contributed by atoms with Gasteiger partial charge in [0.1, 0.15) is 0 Å². The molecule has 0 fully saturated rings. The second-order valence-corrected chi connectivity index (χ2v) is 21.4. The van der Waals surface area contributed by atoms with Gasteiger partial charge in [0.2, 0.25) is 5.91 Å². The zero-order valence-electron chi connectivity index (χ0n) is 45.7. The Bertz CT molecular complexity index is 959. The molecule has 0 radical (unpaired) electrons. The van der Waals surface area contributed by atoms with E-state index in [9.17, 15) is 19.8 Å². The number of aliphatic hydroxyl groups excluding tert-OH is 2. The highest BCUT2D eigenvalue weighted by Crippen LogP contribution is 2.18. The highest BCUT2D eigenvalue weighted by Gasteiger charge is 2.20. The van der Waals surface area contributed by atoms with E-state index in [1.54, 1.807) is 0 Å². The number of aliphatic hydroxyl groups is 2. The average molecular weight is 949 g/mol. The summed E-state index contributed by atoms with van der Waals surface area (Å²) in [5.74, 6) is -0.0160. The smallest absolute Gasteiger partial charge is 0.305 e. The fourth-order valence-electron chi connectivity index (χ4n) is 9.94. The van der Waals surface area contributed by atoms with Crippen molar-refractivity contribution in [3.8, 4) is 0 Å². The Morgan fingerprint density at radius 3 is 0.910 bits per heavy atom. The van der Waals surface area contributed by atoms with Gasteiger partial charge in [0.05, 0.1) is 25.4 Å². The van der Waals surface area contributed by atoms with Crippen molar-refractivity contribution in [2.45, 2.75) is 366 Å². The molecule has 0 aromatic heterocycles. The van der Waals surface area contributed by atoms with Crippen molar-refractivity contribution in [1.29, 1.82) is 0 Å². The van der Waals surface area contributed by atoms with Crippen LogP contribution in [0.25, 0.3) is 0 Å². The monoisotopic (exact) mass is 948 g/mol. The van der Waals surface area contributed by atoms with Crippen LogP contribution in [0.3, 0.4) is 0 Å². The zero-order chi connectivity index (χ0) is 48.6. The summed E-state index contributed by atoms with van der Waals surface area (Å²) in [6, 6.07) is -0.540. The van der Waals surface area contributed by atoms with E-state index in [1.165, 1.54) is 283 Å². The second-order valence-electron chi connectivity index (χ2n) is 21.4. The largest absolute Gasteiger partial charge is 0.466 e. The lowest BCUT2D eigenvalue weighted by atomic mass is 10.0. The molecule has 2 unspecified atom stereocenters. The Hall–Kier alpha value is -1.14. The van der Waals surface area contributed by atoms with E-state index >= 15 is 0 Å². The Morgan fingerprint density at radius 2 is 0.612 bits per heavy atom. The number of amides is 1. The number of nitrogens with one attached hydrogen (secondary N) is 1. The predicted molar refractivity (Wildman–Crippen MR) is 292 cm³/mol. The minimum absolute atomic E-state index is 0.0165. The first-order valence-corrected chi connectivity index (χ1v) is 30.8. The summed E-state index contributed by atoms with van der Waals surface area (Å²) in [6.07, 6.45) is 66.8. The molecule has 6 nitrogen and oxygen atoms in total. The van der Waals surface area contributed by atoms with Crippen molar-refractivity contribution in [3.05, 3.63) is 0 Å². The number of carbonyl (C=O) groups excluding carboxylic acids is 2. The normalized spacial score (nSPS) is 12.5. The maximum atomic E-state index is 12.5. The lowest BCUT2D eigenvalue weighted by Crippen LogP contribution is -2.45. The number of rotatable bonds is 58. The summed E-state index contributed by atoms with van der Waals surface area (Å²) < 4.78 is 5.49. The van der Waals surface area contributed by atoms with Crippen LogP contribution in [-0.2, 0) is 14.3 Å². The number of esters is 1. The van der Waals surface area contributed by atoms with Crippen LogP contribution in [0.2, 0.25) is 0 Å². The second kappa shape index (κ2) is 57.4. The van der Waals surface area contributed by atoms with Gasteiger partial charge in [0, 0.05) is 12.8 Å². The molecule has 0 aliphatic rings. The molecule has 0 aliphatic carbocycles. The van der Waals surface area contributed by atoms with Crippen LogP contribution in [0.1, 0.15) is 354 Å². The van der Waals surface area contributed by atoms with Gasteiger partial charge in [-0.1, -0.05) is 316 Å². The van der Waals surface area contributed by atoms with E-state index < -0.39 is 12.1 Å². The van der Waals surface area contributed by atoms with Crippen LogP contribution >= 0.6 is 0 Å². The quantitative estimate of drug-likeness (QED) is 0.0417. The Morgan fingerprint density at radius 1 is 0.358 bits per heavy atom. The number of carbonyl (C=O) groups is 2. The molecule has 0 bridgehead atoms. The van der Waals surface area contributed by atoms with Gasteiger partial charge >= 0.3 is 5.97 Å². The van der Waals surface area contributed by atoms with Crippen LogP contribution in [0, 0.1) is 0 Å². The first-order valence-electron chi connectivity index (χ1n) is 30.8. The highest BCUT2D eigenvalue weighted by molar-refractivity contribution is 5.76. The maximum absolute atomic E-state index is 12.5. The molecule has 0 rings (SSSR count). The average Bonchev–Trinajstić information content (AvgIpc) is 3.33. The summed E-state index contributed by atoms with van der Waals surface area (Å²) >= 11 is 0. The Balaban J connectivity index is 3.35. The number of ether oxygens (including phenoxy) is 1. The third-order valence-electron chi connectivity index (χ3n) is 14.7. The molecular formula is C61H121NO5. The first kappa shape index (κ1) is 65.9. The summed E-state index contributed by atoms with van der Waals surface area (Å²) in [7, 11) is 0. The van der Waals surface area contributed by atoms with Gasteiger partial charge in [-0.25, -0.2) is 0 Å². The van der Waals surface area contributed by atoms with Gasteiger partial charge in [-0.2, -0.15) is 0 Å². The van der Waals surface area contributed by atoms with Crippen molar-refractivity contribution in [3.63, 3.8) is 0 Å². The third-order valence-corrected chi connectivity index (χ3v) is 14.7. The third kappa shape index (κ3) is 54.0. The van der Waals surface area contributed by atoms with Gasteiger partial charge in [-0.3, -0.25) is 9.59 Å². The van der Waals surface area contributed by atoms with Crippen molar-refractivity contribution < 1.29 is 24.5 Å². The molecule has 1 amide bonds. The molecular weight excluding hydrogens is 827 g/mol. The number of hydrogen-bond acceptors (Lipinski definition) is 5. The van der Waals surface area contributed by atoms with E-state index in [4.69, 9.17) is 4.74 Å². The molecule has 0 spiro atoms. The molecule has 67 heavy (non-hydrogen) atoms. The summed E-state index contributed by atoms with van der Waals surface area (Å²) in [5.41, 5.74) is 0. The zero-order valence-corrected chi connectivity index (χ0v) is 45.7. The number of hydrogen-bond donors (Lipinski definition) is 3. The first-order chi connectivity index (χ1) is 33.0. The molecule has 400 valence electrons. The van der Waals surface area contributed by atoms with E-state index in [1.807, 2.05) is 0 Å².